The molecule has 1 aromatic heterocycles. The number of ether oxygens (including phenoxy) is 1. The van der Waals surface area contributed by atoms with Gasteiger partial charge in [-0.15, -0.1) is 0 Å². The molecule has 5 nitrogen and oxygen atoms in total. The molecule has 1 N–H and O–H groups in total. The molecule has 0 spiro atoms. The number of aromatic nitrogens is 1. The minimum absolute atomic E-state index is 0.0728. The topological polar surface area (TPSA) is 68.3 Å². The molecule has 1 heterocycles. The number of halogens is 1. The number of hydrogen-bond donors (Lipinski definition) is 1. The number of hydrogen-bond acceptors (Lipinski definition) is 5. The Morgan fingerprint density at radius 3 is 2.64 bits per heavy atom. The van der Waals surface area contributed by atoms with Crippen LogP contribution in [0.2, 0.25) is 5.02 Å². The van der Waals surface area contributed by atoms with Gasteiger partial charge in [-0.2, -0.15) is 0 Å². The number of anilines is 1. The molecule has 7 heteroatoms. The van der Waals surface area contributed by atoms with Crippen LogP contribution in [0.5, 0.6) is 0 Å². The molecule has 0 aliphatic heterocycles. The van der Waals surface area contributed by atoms with Gasteiger partial charge in [0.15, 0.2) is 6.10 Å². The van der Waals surface area contributed by atoms with E-state index in [1.54, 1.807) is 24.3 Å². The first kappa shape index (κ1) is 20.2. The average molecular weight is 415 g/mol. The van der Waals surface area contributed by atoms with Crippen molar-refractivity contribution in [3.8, 4) is 0 Å². The zero-order chi connectivity index (χ0) is 20.1. The Morgan fingerprint density at radius 2 is 1.89 bits per heavy atom. The predicted octanol–water partition coefficient (Wildman–Crippen LogP) is 4.86. The monoisotopic (exact) mass is 414 g/mol. The van der Waals surface area contributed by atoms with Crippen LogP contribution >= 0.6 is 23.4 Å². The van der Waals surface area contributed by atoms with Gasteiger partial charge < -0.3 is 10.1 Å². The van der Waals surface area contributed by atoms with Crippen LogP contribution in [0.1, 0.15) is 12.5 Å². The number of esters is 1. The second-order valence-electron chi connectivity index (χ2n) is 6.21. The zero-order valence-corrected chi connectivity index (χ0v) is 17.0. The molecule has 0 aliphatic rings. The number of rotatable bonds is 6. The van der Waals surface area contributed by atoms with E-state index in [1.165, 1.54) is 18.7 Å². The molecule has 1 atom stereocenters. The Morgan fingerprint density at radius 1 is 1.18 bits per heavy atom. The summed E-state index contributed by atoms with van der Waals surface area (Å²) < 4.78 is 5.22. The van der Waals surface area contributed by atoms with Crippen molar-refractivity contribution in [3.63, 3.8) is 0 Å². The number of carbonyl (C=O) groups excluding carboxylic acids is 2. The number of nitrogens with zero attached hydrogens (tertiary/aromatic N) is 1. The van der Waals surface area contributed by atoms with Crippen molar-refractivity contribution in [2.75, 3.05) is 11.1 Å². The highest BCUT2D eigenvalue weighted by atomic mass is 35.5. The van der Waals surface area contributed by atoms with Crippen molar-refractivity contribution < 1.29 is 14.3 Å². The zero-order valence-electron chi connectivity index (χ0n) is 15.4. The van der Waals surface area contributed by atoms with Gasteiger partial charge in [0.05, 0.1) is 16.3 Å². The first-order valence-corrected chi connectivity index (χ1v) is 10.0. The maximum atomic E-state index is 12.2. The lowest BCUT2D eigenvalue weighted by Crippen LogP contribution is -2.30. The predicted molar refractivity (Wildman–Crippen MR) is 113 cm³/mol. The smallest absolute Gasteiger partial charge is 0.317 e. The summed E-state index contributed by atoms with van der Waals surface area (Å²) in [7, 11) is 0. The lowest BCUT2D eigenvalue weighted by atomic mass is 10.1. The largest absolute Gasteiger partial charge is 0.452 e. The van der Waals surface area contributed by atoms with Gasteiger partial charge in [0, 0.05) is 16.1 Å². The van der Waals surface area contributed by atoms with Crippen LogP contribution in [-0.4, -0.2) is 28.7 Å². The van der Waals surface area contributed by atoms with Crippen LogP contribution in [0, 0.1) is 6.92 Å². The van der Waals surface area contributed by atoms with Crippen LogP contribution in [0.25, 0.3) is 10.9 Å². The number of nitrogens with one attached hydrogen (secondary N) is 1. The van der Waals surface area contributed by atoms with Crippen molar-refractivity contribution in [2.45, 2.75) is 25.0 Å². The van der Waals surface area contributed by atoms with Gasteiger partial charge >= 0.3 is 5.97 Å². The molecule has 2 aromatic carbocycles. The summed E-state index contributed by atoms with van der Waals surface area (Å²) >= 11 is 7.10. The summed E-state index contributed by atoms with van der Waals surface area (Å²) in [5.41, 5.74) is 2.56. The number of aryl methyl sites for hydroxylation is 1. The number of para-hydroxylation sites is 1. The second kappa shape index (κ2) is 9.08. The van der Waals surface area contributed by atoms with Crippen molar-refractivity contribution >= 4 is 51.8 Å². The van der Waals surface area contributed by atoms with Gasteiger partial charge in [0.2, 0.25) is 0 Å². The van der Waals surface area contributed by atoms with E-state index in [-0.39, 0.29) is 5.75 Å². The van der Waals surface area contributed by atoms with Gasteiger partial charge in [-0.25, -0.2) is 4.98 Å². The first-order valence-electron chi connectivity index (χ1n) is 8.67. The van der Waals surface area contributed by atoms with E-state index in [4.69, 9.17) is 16.3 Å². The van der Waals surface area contributed by atoms with Crippen LogP contribution in [0.15, 0.2) is 59.6 Å². The van der Waals surface area contributed by atoms with Crippen LogP contribution in [0.4, 0.5) is 5.69 Å². The quantitative estimate of drug-likeness (QED) is 0.461. The molecule has 144 valence electrons. The van der Waals surface area contributed by atoms with E-state index in [2.05, 4.69) is 10.3 Å². The summed E-state index contributed by atoms with van der Waals surface area (Å²) in [6.07, 6.45) is -0.907. The number of pyridine rings is 1. The van der Waals surface area contributed by atoms with E-state index in [0.717, 1.165) is 21.5 Å². The molecular formula is C21H19ClN2O3S. The third kappa shape index (κ3) is 5.24. The van der Waals surface area contributed by atoms with Crippen molar-refractivity contribution in [1.29, 1.82) is 0 Å². The molecule has 0 saturated carbocycles. The molecule has 0 aliphatic carbocycles. The fraction of sp³-hybridized carbons (Fsp3) is 0.190. The standard InChI is InChI=1S/C21H19ClN2O3S/c1-13-11-19(24-18-6-4-3-5-17(13)18)28-12-20(25)27-14(2)21(26)23-16-9-7-15(22)8-10-16/h3-11,14H,12H2,1-2H3,(H,23,26)/t14-/m1/s1. The van der Waals surface area contributed by atoms with Crippen molar-refractivity contribution in [2.24, 2.45) is 0 Å². The number of thioether (sulfide) groups is 1. The first-order chi connectivity index (χ1) is 13.4. The molecule has 0 fully saturated rings. The maximum absolute atomic E-state index is 12.2. The number of benzene rings is 2. The van der Waals surface area contributed by atoms with Gasteiger partial charge in [-0.3, -0.25) is 9.59 Å². The molecule has 1 amide bonds. The minimum atomic E-state index is -0.907. The Hall–Kier alpha value is -2.57. The molecule has 28 heavy (non-hydrogen) atoms. The minimum Gasteiger partial charge on any atom is -0.452 e. The Kier molecular flexibility index (Phi) is 6.54. The number of fused-ring (bicyclic) bond motifs is 1. The van der Waals surface area contributed by atoms with Gasteiger partial charge in [-0.1, -0.05) is 41.6 Å². The highest BCUT2D eigenvalue weighted by molar-refractivity contribution is 7.99. The Balaban J connectivity index is 1.53. The highest BCUT2D eigenvalue weighted by Gasteiger charge is 2.18. The SMILES string of the molecule is Cc1cc(SCC(=O)O[C@H](C)C(=O)Nc2ccc(Cl)cc2)nc2ccccc12. The Bertz CT molecular complexity index is 1010. The van der Waals surface area contributed by atoms with Crippen LogP contribution in [0.3, 0.4) is 0 Å². The molecule has 0 bridgehead atoms. The molecule has 3 aromatic rings. The van der Waals surface area contributed by atoms with E-state index < -0.39 is 18.0 Å². The molecular weight excluding hydrogens is 396 g/mol. The molecule has 0 saturated heterocycles. The third-order valence-corrected chi connectivity index (χ3v) is 5.16. The maximum Gasteiger partial charge on any atom is 0.317 e. The van der Waals surface area contributed by atoms with Gasteiger partial charge in [0.1, 0.15) is 0 Å². The van der Waals surface area contributed by atoms with Gasteiger partial charge in [-0.05, 0) is 55.8 Å². The molecule has 3 rings (SSSR count). The summed E-state index contributed by atoms with van der Waals surface area (Å²) in [5, 5.41) is 5.08. The Labute approximate surface area is 172 Å². The van der Waals surface area contributed by atoms with Crippen LogP contribution in [-0.2, 0) is 14.3 Å². The van der Waals surface area contributed by atoms with E-state index in [1.807, 2.05) is 37.3 Å². The van der Waals surface area contributed by atoms with Crippen molar-refractivity contribution in [3.05, 3.63) is 65.2 Å². The molecule has 0 unspecified atom stereocenters. The van der Waals surface area contributed by atoms with E-state index in [9.17, 15) is 9.59 Å². The second-order valence-corrected chi connectivity index (χ2v) is 7.64. The summed E-state index contributed by atoms with van der Waals surface area (Å²) in [5.74, 6) is -0.805. The average Bonchev–Trinajstić information content (AvgIpc) is 2.68. The summed E-state index contributed by atoms with van der Waals surface area (Å²) in [6, 6.07) is 16.5. The fourth-order valence-electron chi connectivity index (χ4n) is 2.59. The highest BCUT2D eigenvalue weighted by Crippen LogP contribution is 2.23. The lowest BCUT2D eigenvalue weighted by molar-refractivity contribution is -0.150. The van der Waals surface area contributed by atoms with E-state index in [0.29, 0.717) is 10.7 Å². The van der Waals surface area contributed by atoms with E-state index >= 15 is 0 Å². The lowest BCUT2D eigenvalue weighted by Gasteiger charge is -2.13. The number of carbonyl (C=O) groups is 2. The normalized spacial score (nSPS) is 11.8. The van der Waals surface area contributed by atoms with Gasteiger partial charge in [0.25, 0.3) is 5.91 Å². The van der Waals surface area contributed by atoms with Crippen molar-refractivity contribution in [1.82, 2.24) is 4.98 Å². The fourth-order valence-corrected chi connectivity index (χ4v) is 3.47. The summed E-state index contributed by atoms with van der Waals surface area (Å²) in [6.45, 7) is 3.54. The van der Waals surface area contributed by atoms with Crippen LogP contribution < -0.4 is 5.32 Å². The summed E-state index contributed by atoms with van der Waals surface area (Å²) in [4.78, 5) is 28.8. The third-order valence-electron chi connectivity index (χ3n) is 4.03. The molecule has 0 radical (unpaired) electrons. The number of amides is 1.